The molecule has 0 atom stereocenters. The molecule has 0 bridgehead atoms. The SMILES string of the molecule is CCCCCC(=O)OC=C(C)C(=O)O.[Cu]. The maximum absolute atomic E-state index is 11.0. The number of ether oxygens (including phenoxy) is 1. The van der Waals surface area contributed by atoms with Crippen LogP contribution < -0.4 is 0 Å². The fraction of sp³-hybridized carbons (Fsp3) is 0.600. The molecule has 0 saturated heterocycles. The fourth-order valence-electron chi connectivity index (χ4n) is 0.783. The molecule has 0 heterocycles. The van der Waals surface area contributed by atoms with Crippen LogP contribution in [0.2, 0.25) is 0 Å². The summed E-state index contributed by atoms with van der Waals surface area (Å²) in [6.07, 6.45) is 4.14. The number of unbranched alkanes of at least 4 members (excludes halogenated alkanes) is 2. The van der Waals surface area contributed by atoms with Crippen LogP contribution in [0.3, 0.4) is 0 Å². The third-order valence-corrected chi connectivity index (χ3v) is 1.69. The number of carboxylic acids is 1. The molecule has 0 rings (SSSR count). The van der Waals surface area contributed by atoms with Crippen LogP contribution in [0.25, 0.3) is 0 Å². The van der Waals surface area contributed by atoms with E-state index in [1.807, 2.05) is 6.92 Å². The van der Waals surface area contributed by atoms with E-state index in [0.29, 0.717) is 6.42 Å². The second-order valence-electron chi connectivity index (χ2n) is 3.05. The fourth-order valence-corrected chi connectivity index (χ4v) is 0.783. The molecule has 0 aromatic carbocycles. The Kier molecular flexibility index (Phi) is 10.8. The molecule has 0 spiro atoms. The minimum atomic E-state index is -1.08. The van der Waals surface area contributed by atoms with Gasteiger partial charge in [-0.1, -0.05) is 19.8 Å². The predicted molar refractivity (Wildman–Crippen MR) is 51.6 cm³/mol. The van der Waals surface area contributed by atoms with Crippen LogP contribution >= 0.6 is 0 Å². The van der Waals surface area contributed by atoms with Gasteiger partial charge in [-0.25, -0.2) is 4.79 Å². The topological polar surface area (TPSA) is 63.6 Å². The molecule has 91 valence electrons. The van der Waals surface area contributed by atoms with E-state index in [0.717, 1.165) is 25.5 Å². The minimum Gasteiger partial charge on any atom is -0.478 e. The van der Waals surface area contributed by atoms with E-state index in [1.165, 1.54) is 6.92 Å². The van der Waals surface area contributed by atoms with Crippen LogP contribution in [0.4, 0.5) is 0 Å². The molecule has 1 radical (unpaired) electrons. The summed E-state index contributed by atoms with van der Waals surface area (Å²) in [6, 6.07) is 0. The Morgan fingerprint density at radius 1 is 1.33 bits per heavy atom. The standard InChI is InChI=1S/C10H16O4.Cu/c1-3-4-5-6-9(11)14-7-8(2)10(12)13;/h7H,3-6H2,1-2H3,(H,12,13);. The Hall–Kier alpha value is -0.801. The van der Waals surface area contributed by atoms with E-state index in [-0.39, 0.29) is 28.6 Å². The zero-order valence-electron chi connectivity index (χ0n) is 8.88. The van der Waals surface area contributed by atoms with Gasteiger partial charge in [-0.2, -0.15) is 0 Å². The van der Waals surface area contributed by atoms with Crippen molar-refractivity contribution in [1.82, 2.24) is 0 Å². The first-order valence-corrected chi connectivity index (χ1v) is 4.67. The first kappa shape index (κ1) is 16.6. The van der Waals surface area contributed by atoms with Crippen LogP contribution in [0, 0.1) is 0 Å². The minimum absolute atomic E-state index is 0. The van der Waals surface area contributed by atoms with Crippen molar-refractivity contribution in [3.05, 3.63) is 11.8 Å². The Labute approximate surface area is 100 Å². The molecule has 1 N–H and O–H groups in total. The van der Waals surface area contributed by atoms with Gasteiger partial charge < -0.3 is 9.84 Å². The first-order chi connectivity index (χ1) is 6.57. The first-order valence-electron chi connectivity index (χ1n) is 4.67. The van der Waals surface area contributed by atoms with Crippen LogP contribution in [0.5, 0.6) is 0 Å². The number of carbonyl (C=O) groups is 2. The van der Waals surface area contributed by atoms with Crippen LogP contribution in [-0.4, -0.2) is 17.0 Å². The second-order valence-corrected chi connectivity index (χ2v) is 3.05. The number of carbonyl (C=O) groups excluding carboxylic acids is 1. The molecule has 0 saturated carbocycles. The number of carboxylic acid groups (broad SMARTS) is 1. The number of aliphatic carboxylic acids is 1. The van der Waals surface area contributed by atoms with Crippen molar-refractivity contribution in [1.29, 1.82) is 0 Å². The third-order valence-electron chi connectivity index (χ3n) is 1.69. The Morgan fingerprint density at radius 2 is 1.93 bits per heavy atom. The van der Waals surface area contributed by atoms with Gasteiger partial charge in [-0.3, -0.25) is 4.79 Å². The zero-order chi connectivity index (χ0) is 11.0. The molecule has 0 aliphatic carbocycles. The van der Waals surface area contributed by atoms with Gasteiger partial charge in [0, 0.05) is 23.5 Å². The largest absolute Gasteiger partial charge is 0.478 e. The van der Waals surface area contributed by atoms with Gasteiger partial charge in [0.05, 0.1) is 5.57 Å². The molecule has 0 unspecified atom stereocenters. The van der Waals surface area contributed by atoms with Gasteiger partial charge in [-0.05, 0) is 13.3 Å². The average molecular weight is 264 g/mol. The van der Waals surface area contributed by atoms with E-state index in [1.54, 1.807) is 0 Å². The maximum atomic E-state index is 11.0. The number of esters is 1. The van der Waals surface area contributed by atoms with E-state index in [4.69, 9.17) is 5.11 Å². The number of rotatable bonds is 6. The van der Waals surface area contributed by atoms with Crippen molar-refractivity contribution < 1.29 is 36.5 Å². The Morgan fingerprint density at radius 3 is 2.40 bits per heavy atom. The summed E-state index contributed by atoms with van der Waals surface area (Å²) in [5.74, 6) is -1.45. The second kappa shape index (κ2) is 9.74. The summed E-state index contributed by atoms with van der Waals surface area (Å²) in [6.45, 7) is 3.42. The quantitative estimate of drug-likeness (QED) is 0.262. The van der Waals surface area contributed by atoms with Crippen LogP contribution in [-0.2, 0) is 31.4 Å². The molecule has 0 aliphatic heterocycles. The summed E-state index contributed by atoms with van der Waals surface area (Å²) < 4.78 is 4.63. The Bertz CT molecular complexity index is 236. The van der Waals surface area contributed by atoms with Gasteiger partial charge in [-0.15, -0.1) is 0 Å². The van der Waals surface area contributed by atoms with Crippen LogP contribution in [0.15, 0.2) is 11.8 Å². The monoisotopic (exact) mass is 263 g/mol. The molecule has 0 aliphatic rings. The van der Waals surface area contributed by atoms with Gasteiger partial charge in [0.15, 0.2) is 0 Å². The van der Waals surface area contributed by atoms with Crippen molar-refractivity contribution in [3.63, 3.8) is 0 Å². The van der Waals surface area contributed by atoms with Crippen molar-refractivity contribution in [2.75, 3.05) is 0 Å². The summed E-state index contributed by atoms with van der Waals surface area (Å²) >= 11 is 0. The van der Waals surface area contributed by atoms with E-state index in [9.17, 15) is 9.59 Å². The number of hydrogen-bond donors (Lipinski definition) is 1. The average Bonchev–Trinajstić information content (AvgIpc) is 2.14. The summed E-state index contributed by atoms with van der Waals surface area (Å²) in [5.41, 5.74) is 0.0221. The van der Waals surface area contributed by atoms with Crippen LogP contribution in [0.1, 0.15) is 39.5 Å². The molecule has 0 aromatic rings. The molecule has 0 fully saturated rings. The Balaban J connectivity index is 0. The van der Waals surface area contributed by atoms with Crippen molar-refractivity contribution in [2.24, 2.45) is 0 Å². The van der Waals surface area contributed by atoms with Gasteiger partial charge >= 0.3 is 11.9 Å². The summed E-state index contributed by atoms with van der Waals surface area (Å²) in [5, 5.41) is 8.45. The molecular formula is C10H16CuO4. The molecular weight excluding hydrogens is 248 g/mol. The smallest absolute Gasteiger partial charge is 0.334 e. The third kappa shape index (κ3) is 9.50. The predicted octanol–water partition coefficient (Wildman–Crippen LogP) is 2.10. The molecule has 15 heavy (non-hydrogen) atoms. The van der Waals surface area contributed by atoms with Crippen molar-refractivity contribution >= 4 is 11.9 Å². The summed E-state index contributed by atoms with van der Waals surface area (Å²) in [4.78, 5) is 21.3. The molecule has 0 aromatic heterocycles. The maximum Gasteiger partial charge on any atom is 0.334 e. The zero-order valence-corrected chi connectivity index (χ0v) is 9.82. The number of hydrogen-bond acceptors (Lipinski definition) is 3. The van der Waals surface area contributed by atoms with E-state index < -0.39 is 5.97 Å². The van der Waals surface area contributed by atoms with Gasteiger partial charge in [0.2, 0.25) is 0 Å². The van der Waals surface area contributed by atoms with E-state index in [2.05, 4.69) is 4.74 Å². The molecule has 0 amide bonds. The van der Waals surface area contributed by atoms with Crippen molar-refractivity contribution in [3.8, 4) is 0 Å². The van der Waals surface area contributed by atoms with E-state index >= 15 is 0 Å². The summed E-state index contributed by atoms with van der Waals surface area (Å²) in [7, 11) is 0. The van der Waals surface area contributed by atoms with Gasteiger partial charge in [0.25, 0.3) is 0 Å². The molecule has 4 nitrogen and oxygen atoms in total. The van der Waals surface area contributed by atoms with Gasteiger partial charge in [0.1, 0.15) is 6.26 Å². The molecule has 5 heteroatoms. The van der Waals surface area contributed by atoms with Crippen molar-refractivity contribution in [2.45, 2.75) is 39.5 Å². The normalized spacial score (nSPS) is 10.4.